The van der Waals surface area contributed by atoms with Crippen LogP contribution in [0, 0.1) is 5.92 Å². The number of amides is 1. The van der Waals surface area contributed by atoms with Crippen molar-refractivity contribution in [1.82, 2.24) is 5.32 Å². The van der Waals surface area contributed by atoms with Gasteiger partial charge < -0.3 is 15.8 Å². The fourth-order valence-corrected chi connectivity index (χ4v) is 2.66. The topological polar surface area (TPSA) is 64.3 Å². The van der Waals surface area contributed by atoms with Crippen molar-refractivity contribution >= 4 is 18.3 Å². The zero-order valence-electron chi connectivity index (χ0n) is 14.7. The van der Waals surface area contributed by atoms with Crippen LogP contribution in [0.2, 0.25) is 0 Å². The Labute approximate surface area is 146 Å². The maximum atomic E-state index is 12.2. The third-order valence-electron chi connectivity index (χ3n) is 3.63. The Bertz CT molecular complexity index is 463. The molecule has 132 valence electrons. The van der Waals surface area contributed by atoms with Gasteiger partial charge in [-0.2, -0.15) is 0 Å². The third kappa shape index (κ3) is 8.24. The third-order valence-corrected chi connectivity index (χ3v) is 3.63. The van der Waals surface area contributed by atoms with E-state index in [4.69, 9.17) is 10.5 Å². The molecule has 1 atom stereocenters. The van der Waals surface area contributed by atoms with Gasteiger partial charge in [-0.15, -0.1) is 12.4 Å². The maximum Gasteiger partial charge on any atom is 0.220 e. The van der Waals surface area contributed by atoms with Crippen molar-refractivity contribution in [3.8, 4) is 5.75 Å². The van der Waals surface area contributed by atoms with E-state index in [9.17, 15) is 4.79 Å². The van der Waals surface area contributed by atoms with Crippen molar-refractivity contribution in [3.63, 3.8) is 0 Å². The summed E-state index contributed by atoms with van der Waals surface area (Å²) in [5.41, 5.74) is 6.65. The Morgan fingerprint density at radius 1 is 1.30 bits per heavy atom. The van der Waals surface area contributed by atoms with Crippen LogP contribution in [0.1, 0.15) is 46.1 Å². The molecule has 0 aliphatic carbocycles. The fraction of sp³-hybridized carbons (Fsp3) is 0.611. The van der Waals surface area contributed by atoms with Gasteiger partial charge in [0.2, 0.25) is 5.91 Å². The van der Waals surface area contributed by atoms with Crippen LogP contribution in [0.15, 0.2) is 24.3 Å². The lowest BCUT2D eigenvalue weighted by Crippen LogP contribution is -2.52. The van der Waals surface area contributed by atoms with Gasteiger partial charge in [-0.25, -0.2) is 0 Å². The number of halogens is 1. The van der Waals surface area contributed by atoms with E-state index in [0.29, 0.717) is 25.5 Å². The van der Waals surface area contributed by atoms with Gasteiger partial charge in [0.15, 0.2) is 0 Å². The van der Waals surface area contributed by atoms with Gasteiger partial charge in [0.25, 0.3) is 0 Å². The van der Waals surface area contributed by atoms with Crippen LogP contribution < -0.4 is 15.8 Å². The largest absolute Gasteiger partial charge is 0.494 e. The number of ether oxygens (including phenoxy) is 1. The molecular weight excluding hydrogens is 312 g/mol. The summed E-state index contributed by atoms with van der Waals surface area (Å²) in [6, 6.07) is 7.90. The first-order valence-corrected chi connectivity index (χ1v) is 8.11. The Morgan fingerprint density at radius 3 is 2.39 bits per heavy atom. The Balaban J connectivity index is 0.00000484. The summed E-state index contributed by atoms with van der Waals surface area (Å²) in [4.78, 5) is 12.2. The summed E-state index contributed by atoms with van der Waals surface area (Å²) in [7, 11) is 0. The van der Waals surface area contributed by atoms with E-state index in [1.807, 2.05) is 38.1 Å². The van der Waals surface area contributed by atoms with Crippen LogP contribution in [0.25, 0.3) is 0 Å². The van der Waals surface area contributed by atoms with E-state index in [0.717, 1.165) is 24.2 Å². The first kappa shape index (κ1) is 21.7. The number of benzene rings is 1. The Hall–Kier alpha value is -1.26. The molecule has 0 bridgehead atoms. The summed E-state index contributed by atoms with van der Waals surface area (Å²) in [5.74, 6) is 1.42. The number of hydrogen-bond acceptors (Lipinski definition) is 3. The average molecular weight is 343 g/mol. The highest BCUT2D eigenvalue weighted by molar-refractivity contribution is 5.85. The molecule has 1 aromatic carbocycles. The van der Waals surface area contributed by atoms with Crippen LogP contribution in [0.3, 0.4) is 0 Å². The lowest BCUT2D eigenvalue weighted by atomic mass is 9.90. The van der Waals surface area contributed by atoms with Crippen LogP contribution >= 0.6 is 12.4 Å². The van der Waals surface area contributed by atoms with Crippen molar-refractivity contribution in [1.29, 1.82) is 0 Å². The lowest BCUT2D eigenvalue weighted by Gasteiger charge is -2.31. The number of aryl methyl sites for hydroxylation is 1. The second-order valence-electron chi connectivity index (χ2n) is 6.49. The second-order valence-corrected chi connectivity index (χ2v) is 6.49. The van der Waals surface area contributed by atoms with Crippen LogP contribution in [0.4, 0.5) is 0 Å². The highest BCUT2D eigenvalue weighted by atomic mass is 35.5. The summed E-state index contributed by atoms with van der Waals surface area (Å²) in [6.07, 6.45) is 2.08. The summed E-state index contributed by atoms with van der Waals surface area (Å²) in [5, 5.41) is 3.09. The normalized spacial score (nSPS) is 13.1. The molecule has 1 rings (SSSR count). The van der Waals surface area contributed by atoms with Gasteiger partial charge in [-0.3, -0.25) is 4.79 Å². The zero-order valence-corrected chi connectivity index (χ0v) is 15.5. The van der Waals surface area contributed by atoms with E-state index in [2.05, 4.69) is 19.2 Å². The van der Waals surface area contributed by atoms with Crippen LogP contribution in [0.5, 0.6) is 5.75 Å². The van der Waals surface area contributed by atoms with Crippen LogP contribution in [-0.4, -0.2) is 24.6 Å². The molecule has 0 aliphatic heterocycles. The predicted molar refractivity (Wildman–Crippen MR) is 98.2 cm³/mol. The van der Waals surface area contributed by atoms with Crippen molar-refractivity contribution in [2.75, 3.05) is 13.2 Å². The standard InChI is InChI=1S/C18H30N2O2.ClH/c1-5-22-16-9-6-15(7-10-16)8-11-17(21)20-18(4,13-19)12-14(2)3;/h6-7,9-10,14H,5,8,11-13,19H2,1-4H3,(H,20,21);1H. The first-order chi connectivity index (χ1) is 10.4. The number of carbonyl (C=O) groups excluding carboxylic acids is 1. The molecule has 0 saturated carbocycles. The fourth-order valence-electron chi connectivity index (χ4n) is 2.66. The van der Waals surface area contributed by atoms with Gasteiger partial charge in [-0.05, 0) is 50.3 Å². The van der Waals surface area contributed by atoms with Gasteiger partial charge in [0, 0.05) is 18.5 Å². The molecule has 0 saturated heterocycles. The van der Waals surface area contributed by atoms with E-state index >= 15 is 0 Å². The number of carbonyl (C=O) groups is 1. The number of rotatable bonds is 9. The average Bonchev–Trinajstić information content (AvgIpc) is 2.46. The molecule has 4 nitrogen and oxygen atoms in total. The number of nitrogens with one attached hydrogen (secondary N) is 1. The molecule has 0 radical (unpaired) electrons. The van der Waals surface area contributed by atoms with Crippen molar-refractivity contribution < 1.29 is 9.53 Å². The van der Waals surface area contributed by atoms with Crippen LogP contribution in [-0.2, 0) is 11.2 Å². The maximum absolute atomic E-state index is 12.2. The monoisotopic (exact) mass is 342 g/mol. The molecule has 0 aliphatic rings. The second kappa shape index (κ2) is 10.5. The molecule has 1 unspecified atom stereocenters. The summed E-state index contributed by atoms with van der Waals surface area (Å²) >= 11 is 0. The molecule has 0 aromatic heterocycles. The minimum absolute atomic E-state index is 0. The molecule has 3 N–H and O–H groups in total. The van der Waals surface area contributed by atoms with Gasteiger partial charge in [0.1, 0.15) is 5.75 Å². The minimum atomic E-state index is -0.315. The SMILES string of the molecule is CCOc1ccc(CCC(=O)NC(C)(CN)CC(C)C)cc1.Cl. The highest BCUT2D eigenvalue weighted by Gasteiger charge is 2.25. The van der Waals surface area contributed by atoms with E-state index < -0.39 is 0 Å². The van der Waals surface area contributed by atoms with Gasteiger partial charge in [0.05, 0.1) is 6.61 Å². The van der Waals surface area contributed by atoms with E-state index in [-0.39, 0.29) is 23.9 Å². The predicted octanol–water partition coefficient (Wildman–Crippen LogP) is 3.32. The number of nitrogens with two attached hydrogens (primary N) is 1. The van der Waals surface area contributed by atoms with Crippen molar-refractivity contribution in [2.45, 2.75) is 52.5 Å². The van der Waals surface area contributed by atoms with Crippen molar-refractivity contribution in [3.05, 3.63) is 29.8 Å². The summed E-state index contributed by atoms with van der Waals surface area (Å²) < 4.78 is 5.41. The summed E-state index contributed by atoms with van der Waals surface area (Å²) in [6.45, 7) is 9.38. The molecule has 1 aromatic rings. The number of hydrogen-bond donors (Lipinski definition) is 2. The molecule has 5 heteroatoms. The molecular formula is C18H31ClN2O2. The van der Waals surface area contributed by atoms with E-state index in [1.165, 1.54) is 0 Å². The minimum Gasteiger partial charge on any atom is -0.494 e. The molecule has 1 amide bonds. The van der Waals surface area contributed by atoms with Gasteiger partial charge >= 0.3 is 0 Å². The molecule has 0 spiro atoms. The quantitative estimate of drug-likeness (QED) is 0.723. The Kier molecular flexibility index (Phi) is 9.93. The smallest absolute Gasteiger partial charge is 0.220 e. The molecule has 23 heavy (non-hydrogen) atoms. The lowest BCUT2D eigenvalue weighted by molar-refractivity contribution is -0.122. The molecule has 0 fully saturated rings. The first-order valence-electron chi connectivity index (χ1n) is 8.11. The highest BCUT2D eigenvalue weighted by Crippen LogP contribution is 2.16. The van der Waals surface area contributed by atoms with E-state index in [1.54, 1.807) is 0 Å². The van der Waals surface area contributed by atoms with Gasteiger partial charge in [-0.1, -0.05) is 26.0 Å². The Morgan fingerprint density at radius 2 is 1.91 bits per heavy atom. The van der Waals surface area contributed by atoms with Crippen molar-refractivity contribution in [2.24, 2.45) is 11.7 Å². The zero-order chi connectivity index (χ0) is 16.6. The molecule has 0 heterocycles.